The Hall–Kier alpha value is -5.24. The quantitative estimate of drug-likeness (QED) is 0.286. The van der Waals surface area contributed by atoms with Crippen LogP contribution < -0.4 is 14.5 Å². The van der Waals surface area contributed by atoms with Crippen LogP contribution in [0, 0.1) is 6.92 Å². The molecule has 5 rings (SSSR count). The highest BCUT2D eigenvalue weighted by atomic mass is 16.5. The van der Waals surface area contributed by atoms with Crippen molar-refractivity contribution >= 4 is 52.0 Å². The zero-order valence-electron chi connectivity index (χ0n) is 20.5. The summed E-state index contributed by atoms with van der Waals surface area (Å²) < 4.78 is 5.11. The predicted octanol–water partition coefficient (Wildman–Crippen LogP) is 5.44. The van der Waals surface area contributed by atoms with Crippen LogP contribution in [0.2, 0.25) is 0 Å². The Morgan fingerprint density at radius 2 is 1.55 bits per heavy atom. The number of barbiturate groups is 1. The summed E-state index contributed by atoms with van der Waals surface area (Å²) in [5, 5.41) is 11.1. The lowest BCUT2D eigenvalue weighted by molar-refractivity contribution is -0.121. The number of carboxylic acids is 1. The number of amides is 4. The van der Waals surface area contributed by atoms with Crippen LogP contribution in [0.15, 0.2) is 90.5 Å². The minimum atomic E-state index is -1.22. The van der Waals surface area contributed by atoms with Crippen molar-refractivity contribution in [2.45, 2.75) is 6.92 Å². The third-order valence-corrected chi connectivity index (χ3v) is 6.28. The highest BCUT2D eigenvalue weighted by Crippen LogP contribution is 2.34. The number of imide groups is 2. The summed E-state index contributed by atoms with van der Waals surface area (Å²) in [6, 6.07) is 22.9. The molecule has 1 fully saturated rings. The normalized spacial score (nSPS) is 14.9. The number of fused-ring (bicyclic) bond motifs is 1. The number of carboxylic acid groups (broad SMARTS) is 1. The fraction of sp³-hybridized carbons (Fsp3) is 0.0667. The molecule has 0 atom stereocenters. The number of urea groups is 1. The zero-order chi connectivity index (χ0) is 27.0. The van der Waals surface area contributed by atoms with Gasteiger partial charge in [-0.05, 0) is 59.8 Å². The van der Waals surface area contributed by atoms with Crippen molar-refractivity contribution in [3.63, 3.8) is 0 Å². The number of hydrogen-bond acceptors (Lipinski definition) is 5. The molecular formula is C30H22N2O6. The van der Waals surface area contributed by atoms with Crippen LogP contribution in [-0.2, 0) is 9.59 Å². The van der Waals surface area contributed by atoms with Gasteiger partial charge in [-0.1, -0.05) is 54.6 Å². The summed E-state index contributed by atoms with van der Waals surface area (Å²) in [6.07, 6.45) is 1.30. The maximum atomic E-state index is 13.8. The van der Waals surface area contributed by atoms with E-state index in [1.807, 2.05) is 31.2 Å². The first-order chi connectivity index (χ1) is 18.3. The van der Waals surface area contributed by atoms with Crippen LogP contribution in [-0.4, -0.2) is 36.0 Å². The predicted molar refractivity (Wildman–Crippen MR) is 143 cm³/mol. The molecule has 4 amide bonds. The van der Waals surface area contributed by atoms with Crippen LogP contribution in [0.3, 0.4) is 0 Å². The van der Waals surface area contributed by atoms with Crippen LogP contribution >= 0.6 is 0 Å². The van der Waals surface area contributed by atoms with Crippen LogP contribution in [0.1, 0.15) is 21.5 Å². The summed E-state index contributed by atoms with van der Waals surface area (Å²) in [5.74, 6) is -2.71. The van der Waals surface area contributed by atoms with Crippen molar-refractivity contribution in [2.75, 3.05) is 16.9 Å². The number of nitrogens with zero attached hydrogens (tertiary/aromatic N) is 2. The lowest BCUT2D eigenvalue weighted by Gasteiger charge is -2.34. The van der Waals surface area contributed by atoms with E-state index < -0.39 is 23.8 Å². The fourth-order valence-corrected chi connectivity index (χ4v) is 4.49. The topological polar surface area (TPSA) is 104 Å². The summed E-state index contributed by atoms with van der Waals surface area (Å²) in [4.78, 5) is 55.0. The number of carbonyl (C=O) groups is 4. The molecule has 0 aromatic heterocycles. The molecule has 0 spiro atoms. The van der Waals surface area contributed by atoms with Crippen molar-refractivity contribution in [3.8, 4) is 5.75 Å². The number of hydrogen-bond donors (Lipinski definition) is 1. The molecule has 188 valence electrons. The molecule has 1 N–H and O–H groups in total. The second kappa shape index (κ2) is 9.67. The highest BCUT2D eigenvalue weighted by molar-refractivity contribution is 6.46. The van der Waals surface area contributed by atoms with E-state index in [2.05, 4.69) is 0 Å². The van der Waals surface area contributed by atoms with Crippen LogP contribution in [0.25, 0.3) is 16.8 Å². The first-order valence-electron chi connectivity index (χ1n) is 11.7. The Labute approximate surface area is 218 Å². The third kappa shape index (κ3) is 4.18. The van der Waals surface area contributed by atoms with Crippen LogP contribution in [0.4, 0.5) is 16.2 Å². The Balaban J connectivity index is 1.72. The average molecular weight is 507 g/mol. The molecule has 1 saturated heterocycles. The highest BCUT2D eigenvalue weighted by Gasteiger charge is 2.44. The first-order valence-corrected chi connectivity index (χ1v) is 11.7. The lowest BCUT2D eigenvalue weighted by atomic mass is 10.0. The molecule has 38 heavy (non-hydrogen) atoms. The molecule has 0 unspecified atom stereocenters. The number of carbonyl (C=O) groups excluding carboxylic acids is 3. The van der Waals surface area contributed by atoms with Crippen molar-refractivity contribution < 1.29 is 29.0 Å². The summed E-state index contributed by atoms with van der Waals surface area (Å²) in [7, 11) is 1.35. The average Bonchev–Trinajstić information content (AvgIpc) is 2.91. The number of aryl methyl sites for hydroxylation is 1. The minimum absolute atomic E-state index is 0.130. The van der Waals surface area contributed by atoms with Gasteiger partial charge in [0, 0.05) is 5.39 Å². The van der Waals surface area contributed by atoms with Gasteiger partial charge in [-0.25, -0.2) is 19.4 Å². The largest absolute Gasteiger partial charge is 0.496 e. The van der Waals surface area contributed by atoms with E-state index >= 15 is 0 Å². The van der Waals surface area contributed by atoms with Crippen LogP contribution in [0.5, 0.6) is 5.75 Å². The fourth-order valence-electron chi connectivity index (χ4n) is 4.49. The molecule has 1 aliphatic rings. The van der Waals surface area contributed by atoms with Crippen molar-refractivity contribution in [3.05, 3.63) is 107 Å². The number of aromatic carboxylic acids is 1. The van der Waals surface area contributed by atoms with Gasteiger partial charge in [-0.2, -0.15) is 0 Å². The van der Waals surface area contributed by atoms with Crippen molar-refractivity contribution in [2.24, 2.45) is 0 Å². The zero-order valence-corrected chi connectivity index (χ0v) is 20.5. The van der Waals surface area contributed by atoms with Gasteiger partial charge >= 0.3 is 12.0 Å². The van der Waals surface area contributed by atoms with Gasteiger partial charge in [0.25, 0.3) is 11.8 Å². The molecule has 1 heterocycles. The smallest absolute Gasteiger partial charge is 0.343 e. The lowest BCUT2D eigenvalue weighted by Crippen LogP contribution is -2.57. The summed E-state index contributed by atoms with van der Waals surface area (Å²) in [5.41, 5.74) is 1.33. The van der Waals surface area contributed by atoms with Gasteiger partial charge in [-0.3, -0.25) is 9.59 Å². The Kier molecular flexibility index (Phi) is 6.22. The second-order valence-corrected chi connectivity index (χ2v) is 8.72. The van der Waals surface area contributed by atoms with Gasteiger partial charge in [-0.15, -0.1) is 0 Å². The van der Waals surface area contributed by atoms with E-state index in [9.17, 15) is 24.3 Å². The van der Waals surface area contributed by atoms with Crippen molar-refractivity contribution in [1.29, 1.82) is 0 Å². The molecular weight excluding hydrogens is 484 g/mol. The van der Waals surface area contributed by atoms with E-state index in [-0.39, 0.29) is 22.4 Å². The maximum absolute atomic E-state index is 13.8. The van der Waals surface area contributed by atoms with Gasteiger partial charge in [0.1, 0.15) is 16.9 Å². The standard InChI is InChI=1S/C30H22N2O6/c1-18-7-5-10-21(15-18)31-27(33)24(17-19-13-14-26(38-2)23(16-19)29(35)36)28(34)32(30(31)37)25-12-6-9-20-8-3-4-11-22(20)25/h3-17H,1-2H3,(H,35,36)/b24-17-. The van der Waals surface area contributed by atoms with Crippen molar-refractivity contribution in [1.82, 2.24) is 0 Å². The number of methoxy groups -OCH3 is 1. The molecule has 0 radical (unpaired) electrons. The summed E-state index contributed by atoms with van der Waals surface area (Å²) >= 11 is 0. The molecule has 8 heteroatoms. The maximum Gasteiger partial charge on any atom is 0.343 e. The van der Waals surface area contributed by atoms with E-state index in [1.54, 1.807) is 42.5 Å². The Morgan fingerprint density at radius 3 is 2.29 bits per heavy atom. The molecule has 1 aliphatic heterocycles. The number of benzene rings is 4. The van der Waals surface area contributed by atoms with Gasteiger partial charge < -0.3 is 9.84 Å². The summed E-state index contributed by atoms with van der Waals surface area (Å²) in [6.45, 7) is 1.83. The molecule has 4 aromatic rings. The number of ether oxygens (including phenoxy) is 1. The monoisotopic (exact) mass is 506 g/mol. The van der Waals surface area contributed by atoms with Gasteiger partial charge in [0.2, 0.25) is 0 Å². The minimum Gasteiger partial charge on any atom is -0.496 e. The van der Waals surface area contributed by atoms with E-state index in [0.29, 0.717) is 16.8 Å². The number of anilines is 2. The Bertz CT molecular complexity index is 1670. The number of rotatable bonds is 5. The van der Waals surface area contributed by atoms with E-state index in [4.69, 9.17) is 4.74 Å². The Morgan fingerprint density at radius 1 is 0.842 bits per heavy atom. The van der Waals surface area contributed by atoms with Gasteiger partial charge in [0.15, 0.2) is 0 Å². The van der Waals surface area contributed by atoms with Gasteiger partial charge in [0.05, 0.1) is 18.5 Å². The third-order valence-electron chi connectivity index (χ3n) is 6.28. The first kappa shape index (κ1) is 24.5. The molecule has 0 saturated carbocycles. The SMILES string of the molecule is COc1ccc(/C=C2/C(=O)N(c3cccc(C)c3)C(=O)N(c3cccc4ccccc34)C2=O)cc1C(=O)O. The molecule has 0 aliphatic carbocycles. The molecule has 8 nitrogen and oxygen atoms in total. The van der Waals surface area contributed by atoms with E-state index in [0.717, 1.165) is 20.7 Å². The molecule has 0 bridgehead atoms. The van der Waals surface area contributed by atoms with E-state index in [1.165, 1.54) is 31.4 Å². The second-order valence-electron chi connectivity index (χ2n) is 8.72. The molecule has 4 aromatic carbocycles.